The van der Waals surface area contributed by atoms with Gasteiger partial charge in [-0.25, -0.2) is 4.18 Å². The summed E-state index contributed by atoms with van der Waals surface area (Å²) >= 11 is 0. The average molecular weight is 169 g/mol. The summed E-state index contributed by atoms with van der Waals surface area (Å²) < 4.78 is 31.3. The molecule has 1 amide bonds. The molecule has 0 aromatic carbocycles. The van der Waals surface area contributed by atoms with Gasteiger partial charge in [-0.15, -0.1) is 0 Å². The number of amides is 1. The van der Waals surface area contributed by atoms with Crippen LogP contribution in [0.5, 0.6) is 0 Å². The summed E-state index contributed by atoms with van der Waals surface area (Å²) in [6.07, 6.45) is 0. The monoisotopic (exact) mass is 169 g/mol. The van der Waals surface area contributed by atoms with E-state index in [0.717, 1.165) is 0 Å². The lowest BCUT2D eigenvalue weighted by atomic mass is 10.7. The van der Waals surface area contributed by atoms with Gasteiger partial charge in [-0.05, 0) is 0 Å². The van der Waals surface area contributed by atoms with Gasteiger partial charge in [0, 0.05) is 6.92 Å². The number of rotatable bonds is 3. The van der Waals surface area contributed by atoms with Crippen molar-refractivity contribution in [2.75, 3.05) is 6.73 Å². The molecule has 0 radical (unpaired) electrons. The van der Waals surface area contributed by atoms with Gasteiger partial charge in [-0.3, -0.25) is 9.35 Å². The van der Waals surface area contributed by atoms with Crippen molar-refractivity contribution in [2.45, 2.75) is 6.92 Å². The van der Waals surface area contributed by atoms with Gasteiger partial charge in [0.1, 0.15) is 6.73 Å². The van der Waals surface area contributed by atoms with Crippen molar-refractivity contribution in [3.8, 4) is 0 Å². The lowest BCUT2D eigenvalue weighted by Gasteiger charge is -1.98. The molecule has 0 bridgehead atoms. The minimum atomic E-state index is -4.43. The normalized spacial score (nSPS) is 11.0. The smallest absolute Gasteiger partial charge is 0.332 e. The van der Waals surface area contributed by atoms with Gasteiger partial charge in [0.25, 0.3) is 0 Å². The zero-order valence-corrected chi connectivity index (χ0v) is 6.01. The Morgan fingerprint density at radius 2 is 2.20 bits per heavy atom. The van der Waals surface area contributed by atoms with Crippen LogP contribution >= 0.6 is 0 Å². The molecule has 0 aromatic rings. The van der Waals surface area contributed by atoms with Gasteiger partial charge < -0.3 is 5.32 Å². The standard InChI is InChI=1S/C3H7NO5S/c1-3(5)4-2-9-10(6,7)8/h2H2,1H3,(H,4,5)(H,6,7,8). The molecule has 0 aliphatic heterocycles. The van der Waals surface area contributed by atoms with E-state index in [1.165, 1.54) is 6.92 Å². The molecular formula is C3H7NO5S. The SMILES string of the molecule is CC(=O)NCOS(=O)(=O)O. The Kier molecular flexibility index (Phi) is 3.26. The Bertz CT molecular complexity index is 207. The number of carbonyl (C=O) groups is 1. The molecule has 7 heteroatoms. The Hall–Kier alpha value is -0.660. The van der Waals surface area contributed by atoms with E-state index in [4.69, 9.17) is 4.55 Å². The van der Waals surface area contributed by atoms with Gasteiger partial charge in [-0.2, -0.15) is 8.42 Å². The molecule has 0 fully saturated rings. The van der Waals surface area contributed by atoms with Crippen LogP contribution in [0.25, 0.3) is 0 Å². The topological polar surface area (TPSA) is 92.7 Å². The third-order valence-corrected chi connectivity index (χ3v) is 0.945. The predicted molar refractivity (Wildman–Crippen MR) is 31.3 cm³/mol. The van der Waals surface area contributed by atoms with Crippen LogP contribution in [0.15, 0.2) is 0 Å². The molecule has 6 nitrogen and oxygen atoms in total. The van der Waals surface area contributed by atoms with Crippen LogP contribution in [0.1, 0.15) is 6.92 Å². The molecular weight excluding hydrogens is 162 g/mol. The zero-order chi connectivity index (χ0) is 8.20. The van der Waals surface area contributed by atoms with E-state index in [1.54, 1.807) is 0 Å². The molecule has 2 N–H and O–H groups in total. The lowest BCUT2D eigenvalue weighted by molar-refractivity contribution is -0.119. The molecule has 10 heavy (non-hydrogen) atoms. The van der Waals surface area contributed by atoms with Crippen molar-refractivity contribution in [2.24, 2.45) is 0 Å². The molecule has 0 unspecified atom stereocenters. The largest absolute Gasteiger partial charge is 0.399 e. The zero-order valence-electron chi connectivity index (χ0n) is 5.20. The lowest BCUT2D eigenvalue weighted by Crippen LogP contribution is -2.24. The second-order valence-electron chi connectivity index (χ2n) is 1.42. The van der Waals surface area contributed by atoms with Crippen LogP contribution in [-0.2, 0) is 19.4 Å². The Morgan fingerprint density at radius 1 is 1.70 bits per heavy atom. The molecule has 0 atom stereocenters. The van der Waals surface area contributed by atoms with Crippen LogP contribution in [-0.4, -0.2) is 25.6 Å². The van der Waals surface area contributed by atoms with Gasteiger partial charge in [0.2, 0.25) is 5.91 Å². The average Bonchev–Trinajstić information content (AvgIpc) is 1.59. The molecule has 0 saturated carbocycles. The minimum absolute atomic E-state index is 0.441. The minimum Gasteiger partial charge on any atom is -0.332 e. The molecule has 0 rings (SSSR count). The number of nitrogens with one attached hydrogen (secondary N) is 1. The fraction of sp³-hybridized carbons (Fsp3) is 0.667. The van der Waals surface area contributed by atoms with Crippen molar-refractivity contribution in [1.82, 2.24) is 5.32 Å². The van der Waals surface area contributed by atoms with E-state index in [-0.39, 0.29) is 0 Å². The first-order valence-corrected chi connectivity index (χ1v) is 3.64. The molecule has 0 heterocycles. The van der Waals surface area contributed by atoms with Crippen molar-refractivity contribution in [1.29, 1.82) is 0 Å². The second-order valence-corrected chi connectivity index (χ2v) is 2.51. The quantitative estimate of drug-likeness (QED) is 0.413. The molecule has 0 saturated heterocycles. The van der Waals surface area contributed by atoms with Crippen molar-refractivity contribution in [3.63, 3.8) is 0 Å². The third kappa shape index (κ3) is 7.34. The van der Waals surface area contributed by atoms with Crippen LogP contribution < -0.4 is 5.32 Å². The summed E-state index contributed by atoms with van der Waals surface area (Å²) in [6.45, 7) is 0.640. The maximum atomic E-state index is 10.1. The second kappa shape index (κ2) is 3.49. The maximum Gasteiger partial charge on any atom is 0.399 e. The summed E-state index contributed by atoms with van der Waals surface area (Å²) in [4.78, 5) is 10.1. The van der Waals surface area contributed by atoms with E-state index < -0.39 is 23.0 Å². The van der Waals surface area contributed by atoms with E-state index in [9.17, 15) is 13.2 Å². The van der Waals surface area contributed by atoms with Crippen molar-refractivity contribution >= 4 is 16.3 Å². The summed E-state index contributed by atoms with van der Waals surface area (Å²) in [7, 11) is -4.43. The summed E-state index contributed by atoms with van der Waals surface area (Å²) in [6, 6.07) is 0. The van der Waals surface area contributed by atoms with E-state index in [1.807, 2.05) is 5.32 Å². The summed E-state index contributed by atoms with van der Waals surface area (Å²) in [5, 5.41) is 2.00. The molecule has 0 spiro atoms. The van der Waals surface area contributed by atoms with Gasteiger partial charge in [0.15, 0.2) is 0 Å². The van der Waals surface area contributed by atoms with Crippen molar-refractivity contribution in [3.05, 3.63) is 0 Å². The van der Waals surface area contributed by atoms with Crippen LogP contribution in [0.3, 0.4) is 0 Å². The third-order valence-electron chi connectivity index (χ3n) is 0.529. The summed E-state index contributed by atoms with van der Waals surface area (Å²) in [5.74, 6) is -0.441. The van der Waals surface area contributed by atoms with Gasteiger partial charge in [-0.1, -0.05) is 0 Å². The predicted octanol–water partition coefficient (Wildman–Crippen LogP) is -1.10. The van der Waals surface area contributed by atoms with Crippen molar-refractivity contribution < 1.29 is 21.9 Å². The maximum absolute atomic E-state index is 10.1. The van der Waals surface area contributed by atoms with E-state index >= 15 is 0 Å². The van der Waals surface area contributed by atoms with Crippen LogP contribution in [0.2, 0.25) is 0 Å². The first-order chi connectivity index (χ1) is 4.42. The fourth-order valence-electron chi connectivity index (χ4n) is 0.206. The number of hydrogen-bond donors (Lipinski definition) is 2. The molecule has 60 valence electrons. The Balaban J connectivity index is 3.49. The number of carbonyl (C=O) groups excluding carboxylic acids is 1. The number of hydrogen-bond acceptors (Lipinski definition) is 4. The highest BCUT2D eigenvalue weighted by Crippen LogP contribution is 1.81. The fourth-order valence-corrected chi connectivity index (χ4v) is 0.413. The van der Waals surface area contributed by atoms with Crippen LogP contribution in [0, 0.1) is 0 Å². The highest BCUT2D eigenvalue weighted by Gasteiger charge is 2.02. The Morgan fingerprint density at radius 3 is 2.50 bits per heavy atom. The van der Waals surface area contributed by atoms with E-state index in [2.05, 4.69) is 4.18 Å². The first-order valence-electron chi connectivity index (χ1n) is 2.28. The first kappa shape index (κ1) is 9.34. The van der Waals surface area contributed by atoms with Gasteiger partial charge in [0.05, 0.1) is 0 Å². The molecule has 0 aliphatic rings. The molecule has 0 aromatic heterocycles. The molecule has 0 aliphatic carbocycles. The Labute approximate surface area is 58.1 Å². The summed E-state index contributed by atoms with van der Waals surface area (Å²) in [5.41, 5.74) is 0. The van der Waals surface area contributed by atoms with E-state index in [0.29, 0.717) is 0 Å². The highest BCUT2D eigenvalue weighted by atomic mass is 32.3. The van der Waals surface area contributed by atoms with Gasteiger partial charge >= 0.3 is 10.4 Å². The van der Waals surface area contributed by atoms with Crippen LogP contribution in [0.4, 0.5) is 0 Å². The highest BCUT2D eigenvalue weighted by molar-refractivity contribution is 7.80.